The lowest BCUT2D eigenvalue weighted by atomic mass is 10.0. The first kappa shape index (κ1) is 38.9. The van der Waals surface area contributed by atoms with Crippen LogP contribution in [0.1, 0.15) is 65.2 Å². The first-order valence-corrected chi connectivity index (χ1v) is 21.2. The summed E-state index contributed by atoms with van der Waals surface area (Å²) in [5.74, 6) is -3.54. The van der Waals surface area contributed by atoms with Crippen LogP contribution in [0.3, 0.4) is 0 Å². The number of sulfonamides is 1. The number of benzene rings is 2. The predicted molar refractivity (Wildman–Crippen MR) is 208 cm³/mol. The Balaban J connectivity index is 1.13. The minimum atomic E-state index is -3.94. The molecular weight excluding hydrogens is 781 g/mol. The molecule has 1 unspecified atom stereocenters. The maximum atomic E-state index is 14.6. The van der Waals surface area contributed by atoms with Crippen molar-refractivity contribution in [2.75, 3.05) is 6.54 Å². The van der Waals surface area contributed by atoms with Gasteiger partial charge in [0, 0.05) is 29.2 Å². The number of amides is 4. The maximum Gasteiger partial charge on any atom is 0.408 e. The van der Waals surface area contributed by atoms with Gasteiger partial charge in [0.2, 0.25) is 21.8 Å². The number of nitrogens with one attached hydrogen (secondary N) is 3. The third kappa shape index (κ3) is 7.37. The lowest BCUT2D eigenvalue weighted by Crippen LogP contribution is -2.59. The molecule has 2 aromatic heterocycles. The van der Waals surface area contributed by atoms with Crippen LogP contribution in [0.25, 0.3) is 33.0 Å². The van der Waals surface area contributed by atoms with E-state index >= 15 is 0 Å². The summed E-state index contributed by atoms with van der Waals surface area (Å²) in [5, 5.41) is 6.11. The van der Waals surface area contributed by atoms with E-state index in [-0.39, 0.29) is 42.3 Å². The summed E-state index contributed by atoms with van der Waals surface area (Å²) in [6.45, 7) is 7.13. The molecular formula is C40H43ClFN5O9S. The molecule has 3 N–H and O–H groups in total. The number of fused-ring (bicyclic) bond motifs is 4. The van der Waals surface area contributed by atoms with E-state index in [4.69, 9.17) is 25.5 Å². The van der Waals surface area contributed by atoms with Crippen molar-refractivity contribution >= 4 is 78.4 Å². The Kier molecular flexibility index (Phi) is 10.1. The number of ether oxygens (including phenoxy) is 2. The number of rotatable bonds is 12. The Morgan fingerprint density at radius 3 is 2.51 bits per heavy atom. The van der Waals surface area contributed by atoms with Gasteiger partial charge in [0.15, 0.2) is 16.9 Å². The second kappa shape index (κ2) is 14.8. The van der Waals surface area contributed by atoms with Gasteiger partial charge in [0.05, 0.1) is 22.3 Å². The number of halogens is 2. The normalized spacial score (nSPS) is 24.2. The van der Waals surface area contributed by atoms with Crippen LogP contribution in [-0.2, 0) is 29.1 Å². The molecule has 4 amide bonds. The Morgan fingerprint density at radius 1 is 1.07 bits per heavy atom. The number of aromatic nitrogens is 1. The van der Waals surface area contributed by atoms with E-state index in [1.54, 1.807) is 32.0 Å². The highest BCUT2D eigenvalue weighted by Gasteiger charge is 2.62. The van der Waals surface area contributed by atoms with E-state index in [1.165, 1.54) is 29.2 Å². The Hall–Kier alpha value is -4.96. The van der Waals surface area contributed by atoms with Gasteiger partial charge < -0.3 is 29.4 Å². The van der Waals surface area contributed by atoms with Gasteiger partial charge in [-0.1, -0.05) is 37.6 Å². The third-order valence-electron chi connectivity index (χ3n) is 11.4. The number of para-hydroxylation sites is 1. The van der Waals surface area contributed by atoms with Crippen molar-refractivity contribution < 1.29 is 45.9 Å². The molecule has 1 saturated heterocycles. The molecule has 4 aliphatic rings. The molecule has 2 aromatic carbocycles. The molecule has 4 aromatic rings. The fourth-order valence-corrected chi connectivity index (χ4v) is 9.63. The number of hydrogen-bond acceptors (Lipinski definition) is 10. The molecule has 17 heteroatoms. The first-order valence-electron chi connectivity index (χ1n) is 19.2. The molecule has 8 rings (SSSR count). The van der Waals surface area contributed by atoms with Crippen LogP contribution < -0.4 is 20.1 Å². The van der Waals surface area contributed by atoms with Crippen LogP contribution in [0.5, 0.6) is 5.75 Å². The van der Waals surface area contributed by atoms with Crippen molar-refractivity contribution in [1.82, 2.24) is 25.2 Å². The van der Waals surface area contributed by atoms with Gasteiger partial charge in [0.25, 0.3) is 5.91 Å². The van der Waals surface area contributed by atoms with Crippen LogP contribution in [0.15, 0.2) is 53.5 Å². The Morgan fingerprint density at radius 2 is 1.82 bits per heavy atom. The quantitative estimate of drug-likeness (QED) is 0.151. The van der Waals surface area contributed by atoms with Crippen molar-refractivity contribution in [1.29, 1.82) is 0 Å². The number of pyridine rings is 1. The SMILES string of the molecule is C=C[C@@H]1CC1(NC(=O)[C@@H]1C[C@@H](Oc2c3ccc(F)cc3nc3c2oc2c(Cl)cccc23)CN1C(=O)[C@@H](NC(=O)OC1CCCC1)C(C)C)C(=O)NS(=O)(=O)C1CC1. The van der Waals surface area contributed by atoms with Crippen LogP contribution >= 0.6 is 11.6 Å². The number of likely N-dealkylation sites (tertiary alicyclic amines) is 1. The van der Waals surface area contributed by atoms with Gasteiger partial charge >= 0.3 is 6.09 Å². The second-order valence-electron chi connectivity index (χ2n) is 15.8. The standard InChI is InChI=1S/C40H43ClFN5O9S/c1-4-21-18-40(21,38(50)46-57(52,53)25-13-14-25)45-36(48)30-17-24(19-47(30)37(49)31(20(2)3)44-39(51)55-23-8-5-6-9-23)54-34-26-15-12-22(42)16-29(26)43-32-27-10-7-11-28(41)33(27)56-35(32)34/h4,7,10-12,15-16,20-21,23-25,30-31H,1,5-6,8-9,13-14,17-19H2,2-3H3,(H,44,51)(H,45,48)(H,46,50)/t21-,24-,30+,31+,40?/m1/s1. The molecule has 3 aliphatic carbocycles. The molecule has 3 heterocycles. The number of carbonyl (C=O) groups excluding carboxylic acids is 4. The lowest BCUT2D eigenvalue weighted by molar-refractivity contribution is -0.141. The van der Waals surface area contributed by atoms with Crippen molar-refractivity contribution in [3.63, 3.8) is 0 Å². The lowest BCUT2D eigenvalue weighted by Gasteiger charge is -2.31. The number of nitrogens with zero attached hydrogens (tertiary/aromatic N) is 2. The minimum Gasteiger partial charge on any atom is -0.484 e. The van der Waals surface area contributed by atoms with E-state index in [9.17, 15) is 32.0 Å². The fourth-order valence-electron chi connectivity index (χ4n) is 8.06. The zero-order chi connectivity index (χ0) is 40.4. The van der Waals surface area contributed by atoms with E-state index in [0.717, 1.165) is 25.7 Å². The molecule has 1 aliphatic heterocycles. The summed E-state index contributed by atoms with van der Waals surface area (Å²) < 4.78 is 60.7. The summed E-state index contributed by atoms with van der Waals surface area (Å²) in [5.41, 5.74) is -0.418. The van der Waals surface area contributed by atoms with Gasteiger partial charge in [-0.25, -0.2) is 22.6 Å². The molecule has 0 spiro atoms. The van der Waals surface area contributed by atoms with Crippen LogP contribution in [0, 0.1) is 17.7 Å². The molecule has 0 bridgehead atoms. The molecule has 57 heavy (non-hydrogen) atoms. The van der Waals surface area contributed by atoms with Crippen molar-refractivity contribution in [2.24, 2.45) is 11.8 Å². The summed E-state index contributed by atoms with van der Waals surface area (Å²) in [6, 6.07) is 6.82. The molecule has 3 saturated carbocycles. The summed E-state index contributed by atoms with van der Waals surface area (Å²) in [4.78, 5) is 61.6. The monoisotopic (exact) mass is 823 g/mol. The topological polar surface area (TPSA) is 186 Å². The van der Waals surface area contributed by atoms with Crippen molar-refractivity contribution in [3.05, 3.63) is 59.9 Å². The summed E-state index contributed by atoms with van der Waals surface area (Å²) >= 11 is 6.49. The van der Waals surface area contributed by atoms with Crippen molar-refractivity contribution in [3.8, 4) is 5.75 Å². The van der Waals surface area contributed by atoms with E-state index in [2.05, 4.69) is 26.9 Å². The van der Waals surface area contributed by atoms with E-state index in [1.807, 2.05) is 0 Å². The second-order valence-corrected chi connectivity index (χ2v) is 18.2. The molecule has 0 radical (unpaired) electrons. The zero-order valence-electron chi connectivity index (χ0n) is 31.4. The molecule has 302 valence electrons. The average molecular weight is 824 g/mol. The number of alkyl carbamates (subject to hydrolysis) is 1. The minimum absolute atomic E-state index is 0.0841. The largest absolute Gasteiger partial charge is 0.484 e. The van der Waals surface area contributed by atoms with Crippen LogP contribution in [0.2, 0.25) is 5.02 Å². The number of carbonyl (C=O) groups is 4. The van der Waals surface area contributed by atoms with E-state index in [0.29, 0.717) is 39.7 Å². The highest BCUT2D eigenvalue weighted by molar-refractivity contribution is 7.91. The zero-order valence-corrected chi connectivity index (χ0v) is 33.0. The highest BCUT2D eigenvalue weighted by atomic mass is 35.5. The first-order chi connectivity index (χ1) is 27.2. The Bertz CT molecular complexity index is 2430. The van der Waals surface area contributed by atoms with Crippen LogP contribution in [-0.4, -0.2) is 83.7 Å². The smallest absolute Gasteiger partial charge is 0.408 e. The van der Waals surface area contributed by atoms with Gasteiger partial charge in [0.1, 0.15) is 41.2 Å². The van der Waals surface area contributed by atoms with Gasteiger partial charge in [-0.3, -0.25) is 19.1 Å². The van der Waals surface area contributed by atoms with E-state index < -0.39 is 80.5 Å². The maximum absolute atomic E-state index is 14.6. The average Bonchev–Trinajstić information content (AvgIpc) is 3.99. The predicted octanol–water partition coefficient (Wildman–Crippen LogP) is 5.64. The number of furan rings is 1. The van der Waals surface area contributed by atoms with Gasteiger partial charge in [-0.2, -0.15) is 0 Å². The third-order valence-corrected chi connectivity index (χ3v) is 13.6. The highest BCUT2D eigenvalue weighted by Crippen LogP contribution is 2.46. The molecule has 14 nitrogen and oxygen atoms in total. The van der Waals surface area contributed by atoms with Gasteiger partial charge in [-0.05, 0) is 75.1 Å². The molecule has 5 atom stereocenters. The summed E-state index contributed by atoms with van der Waals surface area (Å²) in [6.07, 6.45) is 3.80. The number of hydrogen-bond donors (Lipinski definition) is 3. The Labute approximate surface area is 332 Å². The van der Waals surface area contributed by atoms with Crippen LogP contribution in [0.4, 0.5) is 9.18 Å². The fraction of sp³-hybridized carbons (Fsp3) is 0.475. The van der Waals surface area contributed by atoms with Gasteiger partial charge in [-0.15, -0.1) is 6.58 Å². The van der Waals surface area contributed by atoms with Crippen molar-refractivity contribution in [2.45, 2.75) is 100 Å². The molecule has 4 fully saturated rings. The summed E-state index contributed by atoms with van der Waals surface area (Å²) in [7, 11) is -3.94.